The molecule has 0 amide bonds. The lowest BCUT2D eigenvalue weighted by Gasteiger charge is -2.27. The van der Waals surface area contributed by atoms with Gasteiger partial charge in [-0.2, -0.15) is 0 Å². The highest BCUT2D eigenvalue weighted by atomic mass is 16.1. The molecule has 0 aromatic carbocycles. The number of unbranched alkanes of at least 4 members (excludes halogenated alkanes) is 1. The van der Waals surface area contributed by atoms with Gasteiger partial charge in [-0.15, -0.1) is 0 Å². The molecule has 1 aliphatic heterocycles. The molecule has 1 heterocycles. The lowest BCUT2D eigenvalue weighted by molar-refractivity contribution is -0.121. The summed E-state index contributed by atoms with van der Waals surface area (Å²) in [4.78, 5) is 11.2. The second kappa shape index (κ2) is 4.61. The van der Waals surface area contributed by atoms with Crippen LogP contribution in [-0.2, 0) is 4.79 Å². The zero-order valence-corrected chi connectivity index (χ0v) is 8.10. The van der Waals surface area contributed by atoms with E-state index in [1.54, 1.807) is 0 Å². The molecule has 1 N–H and O–H groups in total. The highest BCUT2D eigenvalue weighted by molar-refractivity contribution is 5.80. The fourth-order valence-corrected chi connectivity index (χ4v) is 1.86. The van der Waals surface area contributed by atoms with Crippen LogP contribution in [0, 0.1) is 0 Å². The van der Waals surface area contributed by atoms with Crippen LogP contribution in [0.4, 0.5) is 0 Å². The first kappa shape index (κ1) is 9.72. The van der Waals surface area contributed by atoms with Crippen molar-refractivity contribution >= 4 is 5.78 Å². The van der Waals surface area contributed by atoms with Gasteiger partial charge in [-0.25, -0.2) is 0 Å². The van der Waals surface area contributed by atoms with Crippen molar-refractivity contribution < 1.29 is 4.79 Å². The minimum atomic E-state index is 0.396. The van der Waals surface area contributed by atoms with Crippen molar-refractivity contribution in [2.75, 3.05) is 0 Å². The molecule has 0 spiro atoms. The van der Waals surface area contributed by atoms with E-state index in [-0.39, 0.29) is 0 Å². The summed E-state index contributed by atoms with van der Waals surface area (Å²) >= 11 is 0. The maximum Gasteiger partial charge on any atom is 0.136 e. The van der Waals surface area contributed by atoms with Crippen molar-refractivity contribution in [1.29, 1.82) is 0 Å². The molecular weight excluding hydrogens is 150 g/mol. The van der Waals surface area contributed by atoms with Gasteiger partial charge in [0.25, 0.3) is 0 Å². The van der Waals surface area contributed by atoms with Gasteiger partial charge in [0, 0.05) is 24.9 Å². The van der Waals surface area contributed by atoms with Crippen molar-refractivity contribution in [3.63, 3.8) is 0 Å². The number of carbonyl (C=O) groups excluding carboxylic acids is 1. The summed E-state index contributed by atoms with van der Waals surface area (Å²) in [6.45, 7) is 4.28. The molecule has 0 bridgehead atoms. The Morgan fingerprint density at radius 3 is 2.83 bits per heavy atom. The van der Waals surface area contributed by atoms with Crippen LogP contribution in [0.3, 0.4) is 0 Å². The van der Waals surface area contributed by atoms with Crippen LogP contribution >= 0.6 is 0 Å². The normalized spacial score (nSPS) is 30.7. The molecule has 0 aliphatic carbocycles. The first-order valence-corrected chi connectivity index (χ1v) is 5.00. The number of carbonyl (C=O) groups is 1. The molecule has 1 fully saturated rings. The van der Waals surface area contributed by atoms with Crippen LogP contribution < -0.4 is 5.32 Å². The lowest BCUT2D eigenvalue weighted by Crippen LogP contribution is -2.44. The number of hydrogen-bond acceptors (Lipinski definition) is 2. The topological polar surface area (TPSA) is 29.1 Å². The molecule has 2 nitrogen and oxygen atoms in total. The average Bonchev–Trinajstić information content (AvgIpc) is 1.99. The van der Waals surface area contributed by atoms with E-state index in [1.165, 1.54) is 12.8 Å². The van der Waals surface area contributed by atoms with Crippen LogP contribution in [-0.4, -0.2) is 17.9 Å². The molecule has 0 saturated carbocycles. The van der Waals surface area contributed by atoms with Gasteiger partial charge >= 0.3 is 0 Å². The first-order chi connectivity index (χ1) is 5.72. The molecule has 1 rings (SSSR count). The van der Waals surface area contributed by atoms with E-state index in [0.717, 1.165) is 19.3 Å². The van der Waals surface area contributed by atoms with Gasteiger partial charge in [-0.1, -0.05) is 19.8 Å². The molecular formula is C10H19NO. The number of ketones is 1. The molecule has 2 atom stereocenters. The monoisotopic (exact) mass is 169 g/mol. The Labute approximate surface area is 74.7 Å². The first-order valence-electron chi connectivity index (χ1n) is 5.00. The van der Waals surface area contributed by atoms with Gasteiger partial charge in [0.1, 0.15) is 5.78 Å². The van der Waals surface area contributed by atoms with Gasteiger partial charge in [0.15, 0.2) is 0 Å². The van der Waals surface area contributed by atoms with Gasteiger partial charge in [-0.3, -0.25) is 4.79 Å². The highest BCUT2D eigenvalue weighted by Crippen LogP contribution is 2.13. The van der Waals surface area contributed by atoms with Gasteiger partial charge < -0.3 is 5.32 Å². The zero-order valence-electron chi connectivity index (χ0n) is 8.10. The van der Waals surface area contributed by atoms with Crippen LogP contribution in [0.2, 0.25) is 0 Å². The standard InChI is InChI=1S/C10H19NO/c1-3-4-5-9-7-10(12)6-8(2)11-9/h8-9,11H,3-7H2,1-2H3. The SMILES string of the molecule is CCCCC1CC(=O)CC(C)N1. The van der Waals surface area contributed by atoms with E-state index in [9.17, 15) is 4.79 Å². The second-order valence-electron chi connectivity index (χ2n) is 3.85. The van der Waals surface area contributed by atoms with Crippen LogP contribution in [0.15, 0.2) is 0 Å². The van der Waals surface area contributed by atoms with Crippen molar-refractivity contribution in [3.8, 4) is 0 Å². The number of rotatable bonds is 3. The highest BCUT2D eigenvalue weighted by Gasteiger charge is 2.22. The van der Waals surface area contributed by atoms with Gasteiger partial charge in [0.05, 0.1) is 0 Å². The Kier molecular flexibility index (Phi) is 3.73. The van der Waals surface area contributed by atoms with E-state index in [0.29, 0.717) is 17.9 Å². The molecule has 70 valence electrons. The number of piperidine rings is 1. The summed E-state index contributed by atoms with van der Waals surface area (Å²) < 4.78 is 0. The third kappa shape index (κ3) is 2.94. The van der Waals surface area contributed by atoms with E-state index in [2.05, 4.69) is 19.2 Å². The molecule has 2 heteroatoms. The zero-order chi connectivity index (χ0) is 8.97. The fourth-order valence-electron chi connectivity index (χ4n) is 1.86. The Balaban J connectivity index is 2.29. The van der Waals surface area contributed by atoms with Crippen LogP contribution in [0.25, 0.3) is 0 Å². The maximum atomic E-state index is 11.2. The summed E-state index contributed by atoms with van der Waals surface area (Å²) in [5, 5.41) is 3.46. The third-order valence-electron chi connectivity index (χ3n) is 2.43. The minimum Gasteiger partial charge on any atom is -0.311 e. The summed E-state index contributed by atoms with van der Waals surface area (Å²) in [6, 6.07) is 0.856. The fraction of sp³-hybridized carbons (Fsp3) is 0.900. The largest absolute Gasteiger partial charge is 0.311 e. The predicted octanol–water partition coefficient (Wildman–Crippen LogP) is 1.89. The van der Waals surface area contributed by atoms with E-state index >= 15 is 0 Å². The number of hydrogen-bond donors (Lipinski definition) is 1. The quantitative estimate of drug-likeness (QED) is 0.699. The molecule has 0 aromatic rings. The Morgan fingerprint density at radius 1 is 1.50 bits per heavy atom. The Morgan fingerprint density at radius 2 is 2.25 bits per heavy atom. The van der Waals surface area contributed by atoms with Crippen molar-refractivity contribution in [3.05, 3.63) is 0 Å². The van der Waals surface area contributed by atoms with E-state index in [1.807, 2.05) is 0 Å². The summed E-state index contributed by atoms with van der Waals surface area (Å²) in [6.07, 6.45) is 5.10. The smallest absolute Gasteiger partial charge is 0.136 e. The Bertz CT molecular complexity index is 156. The van der Waals surface area contributed by atoms with Crippen molar-refractivity contribution in [2.45, 2.75) is 58.0 Å². The molecule has 1 saturated heterocycles. The lowest BCUT2D eigenvalue weighted by atomic mass is 9.95. The molecule has 2 unspecified atom stereocenters. The second-order valence-corrected chi connectivity index (χ2v) is 3.85. The molecule has 1 aliphatic rings. The number of Topliss-reactive ketones (excluding diaryl/α,β-unsaturated/α-hetero) is 1. The summed E-state index contributed by atoms with van der Waals surface area (Å²) in [7, 11) is 0. The van der Waals surface area contributed by atoms with Crippen LogP contribution in [0.5, 0.6) is 0 Å². The van der Waals surface area contributed by atoms with E-state index < -0.39 is 0 Å². The predicted molar refractivity (Wildman–Crippen MR) is 50.2 cm³/mol. The van der Waals surface area contributed by atoms with Gasteiger partial charge in [-0.05, 0) is 13.3 Å². The third-order valence-corrected chi connectivity index (χ3v) is 2.43. The van der Waals surface area contributed by atoms with E-state index in [4.69, 9.17) is 0 Å². The van der Waals surface area contributed by atoms with Crippen molar-refractivity contribution in [1.82, 2.24) is 5.32 Å². The minimum absolute atomic E-state index is 0.396. The summed E-state index contributed by atoms with van der Waals surface area (Å²) in [5.74, 6) is 0.433. The Hall–Kier alpha value is -0.370. The average molecular weight is 169 g/mol. The summed E-state index contributed by atoms with van der Waals surface area (Å²) in [5.41, 5.74) is 0. The van der Waals surface area contributed by atoms with Gasteiger partial charge in [0.2, 0.25) is 0 Å². The molecule has 12 heavy (non-hydrogen) atoms. The maximum absolute atomic E-state index is 11.2. The van der Waals surface area contributed by atoms with Crippen LogP contribution in [0.1, 0.15) is 46.0 Å². The molecule has 0 aromatic heterocycles. The molecule has 0 radical (unpaired) electrons. The van der Waals surface area contributed by atoms with Crippen molar-refractivity contribution in [2.24, 2.45) is 0 Å². The number of nitrogens with one attached hydrogen (secondary N) is 1.